The standard InChI is InChI=1S/C17H22N4OS/c1-3-21-16(14-8-6-10-20(14)11-12-22-2)15(19-17(21)23)13-7-4-5-9-18-13/h4-10,15-16H,3,11-12H2,1-2H3,(H,19,23)/t15-,16+/m0/s1. The van der Waals surface area contributed by atoms with Crippen molar-refractivity contribution in [2.45, 2.75) is 25.6 Å². The Kier molecular flexibility index (Phi) is 4.93. The lowest BCUT2D eigenvalue weighted by Crippen LogP contribution is -2.30. The maximum atomic E-state index is 5.55. The van der Waals surface area contributed by atoms with Gasteiger partial charge in [0.2, 0.25) is 0 Å². The van der Waals surface area contributed by atoms with Crippen LogP contribution in [0.3, 0.4) is 0 Å². The third kappa shape index (κ3) is 3.09. The molecule has 122 valence electrons. The predicted octanol–water partition coefficient (Wildman–Crippen LogP) is 2.52. The number of nitrogens with zero attached hydrogens (tertiary/aromatic N) is 3. The van der Waals surface area contributed by atoms with Gasteiger partial charge in [0.05, 0.1) is 24.4 Å². The van der Waals surface area contributed by atoms with Crippen molar-refractivity contribution in [2.75, 3.05) is 20.3 Å². The molecule has 0 radical (unpaired) electrons. The first-order valence-corrected chi connectivity index (χ1v) is 8.29. The predicted molar refractivity (Wildman–Crippen MR) is 94.1 cm³/mol. The van der Waals surface area contributed by atoms with E-state index in [9.17, 15) is 0 Å². The fraction of sp³-hybridized carbons (Fsp3) is 0.412. The Labute approximate surface area is 142 Å². The molecule has 1 fully saturated rings. The summed E-state index contributed by atoms with van der Waals surface area (Å²) in [4.78, 5) is 6.76. The third-order valence-corrected chi connectivity index (χ3v) is 4.59. The van der Waals surface area contributed by atoms with E-state index in [-0.39, 0.29) is 12.1 Å². The van der Waals surface area contributed by atoms with E-state index in [4.69, 9.17) is 17.0 Å². The minimum Gasteiger partial charge on any atom is -0.383 e. The molecule has 1 aliphatic heterocycles. The molecule has 2 atom stereocenters. The lowest BCUT2D eigenvalue weighted by atomic mass is 10.0. The minimum absolute atomic E-state index is 0.0554. The zero-order chi connectivity index (χ0) is 16.2. The summed E-state index contributed by atoms with van der Waals surface area (Å²) in [5, 5.41) is 4.23. The molecule has 6 heteroatoms. The molecule has 1 aliphatic rings. The Balaban J connectivity index is 1.98. The van der Waals surface area contributed by atoms with Gasteiger partial charge in [0.25, 0.3) is 0 Å². The van der Waals surface area contributed by atoms with E-state index in [1.54, 1.807) is 7.11 Å². The van der Waals surface area contributed by atoms with Crippen molar-refractivity contribution in [1.29, 1.82) is 0 Å². The first kappa shape index (κ1) is 16.0. The molecule has 0 saturated carbocycles. The highest BCUT2D eigenvalue weighted by Crippen LogP contribution is 2.38. The number of nitrogens with one attached hydrogen (secondary N) is 1. The number of rotatable bonds is 6. The highest BCUT2D eigenvalue weighted by molar-refractivity contribution is 7.80. The average Bonchev–Trinajstić information content (AvgIpc) is 3.17. The zero-order valence-corrected chi connectivity index (χ0v) is 14.3. The van der Waals surface area contributed by atoms with E-state index in [2.05, 4.69) is 51.1 Å². The van der Waals surface area contributed by atoms with Gasteiger partial charge in [-0.05, 0) is 43.4 Å². The normalized spacial score (nSPS) is 20.8. The van der Waals surface area contributed by atoms with Gasteiger partial charge in [-0.15, -0.1) is 0 Å². The van der Waals surface area contributed by atoms with E-state index in [0.717, 1.165) is 23.9 Å². The molecule has 1 N–H and O–H groups in total. The van der Waals surface area contributed by atoms with Crippen LogP contribution >= 0.6 is 12.2 Å². The van der Waals surface area contributed by atoms with Crippen molar-refractivity contribution in [2.24, 2.45) is 0 Å². The van der Waals surface area contributed by atoms with Crippen molar-refractivity contribution < 1.29 is 4.74 Å². The van der Waals surface area contributed by atoms with Crippen LogP contribution in [0.2, 0.25) is 0 Å². The fourth-order valence-electron chi connectivity index (χ4n) is 3.16. The Bertz CT molecular complexity index is 658. The number of ether oxygens (including phenoxy) is 1. The second kappa shape index (κ2) is 7.10. The summed E-state index contributed by atoms with van der Waals surface area (Å²) in [6.45, 7) is 4.50. The molecule has 5 nitrogen and oxygen atoms in total. The van der Waals surface area contributed by atoms with E-state index < -0.39 is 0 Å². The summed E-state index contributed by atoms with van der Waals surface area (Å²) in [5.74, 6) is 0. The Morgan fingerprint density at radius 3 is 2.87 bits per heavy atom. The summed E-state index contributed by atoms with van der Waals surface area (Å²) < 4.78 is 7.47. The molecule has 3 heterocycles. The van der Waals surface area contributed by atoms with E-state index in [0.29, 0.717) is 6.61 Å². The van der Waals surface area contributed by atoms with Gasteiger partial charge in [-0.25, -0.2) is 0 Å². The molecule has 0 bridgehead atoms. The van der Waals surface area contributed by atoms with E-state index in [1.807, 2.05) is 18.3 Å². The van der Waals surface area contributed by atoms with Crippen LogP contribution in [0.25, 0.3) is 0 Å². The van der Waals surface area contributed by atoms with Crippen molar-refractivity contribution in [3.8, 4) is 0 Å². The third-order valence-electron chi connectivity index (χ3n) is 4.24. The van der Waals surface area contributed by atoms with Crippen molar-refractivity contribution in [1.82, 2.24) is 19.8 Å². The van der Waals surface area contributed by atoms with Crippen LogP contribution in [0.1, 0.15) is 30.4 Å². The molecule has 0 aromatic carbocycles. The Hall–Kier alpha value is -1.92. The molecule has 23 heavy (non-hydrogen) atoms. The largest absolute Gasteiger partial charge is 0.383 e. The van der Waals surface area contributed by atoms with Gasteiger partial charge in [-0.2, -0.15) is 0 Å². The molecule has 0 aliphatic carbocycles. The summed E-state index contributed by atoms with van der Waals surface area (Å²) >= 11 is 5.55. The SMILES string of the molecule is CCN1C(=S)N[C@@H](c2ccccn2)[C@H]1c1cccn1CCOC. The number of hydrogen-bond acceptors (Lipinski definition) is 3. The van der Waals surface area contributed by atoms with Gasteiger partial charge in [-0.3, -0.25) is 4.98 Å². The van der Waals surface area contributed by atoms with Gasteiger partial charge >= 0.3 is 0 Å². The quantitative estimate of drug-likeness (QED) is 0.825. The Morgan fingerprint density at radius 1 is 1.30 bits per heavy atom. The monoisotopic (exact) mass is 330 g/mol. The van der Waals surface area contributed by atoms with Gasteiger partial charge in [-0.1, -0.05) is 6.07 Å². The lowest BCUT2D eigenvalue weighted by molar-refractivity contribution is 0.184. The molecule has 0 amide bonds. The molecule has 3 rings (SSSR count). The Morgan fingerprint density at radius 2 is 2.17 bits per heavy atom. The number of aromatic nitrogens is 2. The van der Waals surface area contributed by atoms with Crippen LogP contribution in [-0.4, -0.2) is 39.8 Å². The number of likely N-dealkylation sites (N-methyl/N-ethyl adjacent to an activating group) is 1. The second-order valence-corrected chi connectivity index (χ2v) is 5.92. The van der Waals surface area contributed by atoms with Crippen LogP contribution in [-0.2, 0) is 11.3 Å². The van der Waals surface area contributed by atoms with Crippen LogP contribution in [0.4, 0.5) is 0 Å². The van der Waals surface area contributed by atoms with Crippen molar-refractivity contribution in [3.05, 3.63) is 54.1 Å². The molecular weight excluding hydrogens is 308 g/mol. The van der Waals surface area contributed by atoms with Gasteiger partial charge in [0.1, 0.15) is 0 Å². The molecule has 2 aromatic rings. The van der Waals surface area contributed by atoms with Gasteiger partial charge in [0, 0.05) is 38.3 Å². The summed E-state index contributed by atoms with van der Waals surface area (Å²) in [6.07, 6.45) is 3.93. The maximum absolute atomic E-state index is 5.55. The molecule has 0 unspecified atom stereocenters. The summed E-state index contributed by atoms with van der Waals surface area (Å²) in [5.41, 5.74) is 2.24. The van der Waals surface area contributed by atoms with Crippen molar-refractivity contribution >= 4 is 17.3 Å². The second-order valence-electron chi connectivity index (χ2n) is 5.53. The van der Waals surface area contributed by atoms with Crippen LogP contribution in [0, 0.1) is 0 Å². The fourth-order valence-corrected chi connectivity index (χ4v) is 3.53. The first-order chi connectivity index (χ1) is 11.3. The lowest BCUT2D eigenvalue weighted by Gasteiger charge is -2.27. The zero-order valence-electron chi connectivity index (χ0n) is 13.5. The minimum atomic E-state index is 0.0554. The maximum Gasteiger partial charge on any atom is 0.170 e. The highest BCUT2D eigenvalue weighted by Gasteiger charge is 2.40. The van der Waals surface area contributed by atoms with Crippen LogP contribution in [0.5, 0.6) is 0 Å². The van der Waals surface area contributed by atoms with E-state index >= 15 is 0 Å². The van der Waals surface area contributed by atoms with E-state index in [1.165, 1.54) is 5.69 Å². The van der Waals surface area contributed by atoms with Gasteiger partial charge < -0.3 is 19.5 Å². The number of hydrogen-bond donors (Lipinski definition) is 1. The van der Waals surface area contributed by atoms with Crippen LogP contribution in [0.15, 0.2) is 42.7 Å². The van der Waals surface area contributed by atoms with Crippen molar-refractivity contribution in [3.63, 3.8) is 0 Å². The average molecular weight is 330 g/mol. The summed E-state index contributed by atoms with van der Waals surface area (Å²) in [6, 6.07) is 10.4. The first-order valence-electron chi connectivity index (χ1n) is 7.88. The number of pyridine rings is 1. The number of methoxy groups -OCH3 is 1. The highest BCUT2D eigenvalue weighted by atomic mass is 32.1. The smallest absolute Gasteiger partial charge is 0.170 e. The van der Waals surface area contributed by atoms with Gasteiger partial charge in [0.15, 0.2) is 5.11 Å². The molecular formula is C17H22N4OS. The molecule has 0 spiro atoms. The van der Waals surface area contributed by atoms with Crippen LogP contribution < -0.4 is 5.32 Å². The summed E-state index contributed by atoms with van der Waals surface area (Å²) in [7, 11) is 1.73. The number of thiocarbonyl (C=S) groups is 1. The molecule has 2 aromatic heterocycles. The topological polar surface area (TPSA) is 42.3 Å². The molecule has 1 saturated heterocycles.